The Bertz CT molecular complexity index is 638. The molecule has 1 aromatic carbocycles. The number of pyridine rings is 1. The fraction of sp³-hybridized carbons (Fsp3) is 0.312. The van der Waals surface area contributed by atoms with Crippen LogP contribution in [0.3, 0.4) is 0 Å². The van der Waals surface area contributed by atoms with Gasteiger partial charge in [-0.05, 0) is 36.6 Å². The van der Waals surface area contributed by atoms with Crippen molar-refractivity contribution < 1.29 is 18.3 Å². The number of halogens is 3. The Hall–Kier alpha value is -1.88. The van der Waals surface area contributed by atoms with Crippen molar-refractivity contribution in [2.75, 3.05) is 0 Å². The highest BCUT2D eigenvalue weighted by Gasteiger charge is 2.34. The molecule has 2 nitrogen and oxygen atoms in total. The van der Waals surface area contributed by atoms with Crippen LogP contribution in [0.4, 0.5) is 13.2 Å². The molecule has 2 aromatic rings. The van der Waals surface area contributed by atoms with Crippen LogP contribution < -0.4 is 0 Å². The summed E-state index contributed by atoms with van der Waals surface area (Å²) in [5.74, 6) is 0. The highest BCUT2D eigenvalue weighted by molar-refractivity contribution is 5.33. The lowest BCUT2D eigenvalue weighted by Crippen LogP contribution is -2.13. The van der Waals surface area contributed by atoms with Gasteiger partial charge in [0.1, 0.15) is 0 Å². The van der Waals surface area contributed by atoms with Crippen molar-refractivity contribution in [2.45, 2.75) is 32.5 Å². The van der Waals surface area contributed by atoms with Gasteiger partial charge in [0.15, 0.2) is 0 Å². The van der Waals surface area contributed by atoms with E-state index in [9.17, 15) is 18.3 Å². The SMILES string of the molecule is Cc1ccc(CC(O)c2cnccc2C(F)(F)F)cc1C. The number of aliphatic hydroxyl groups excluding tert-OH is 1. The average molecular weight is 295 g/mol. The van der Waals surface area contributed by atoms with E-state index < -0.39 is 17.8 Å². The van der Waals surface area contributed by atoms with Gasteiger partial charge in [-0.15, -0.1) is 0 Å². The van der Waals surface area contributed by atoms with Crippen molar-refractivity contribution >= 4 is 0 Å². The minimum Gasteiger partial charge on any atom is -0.388 e. The van der Waals surface area contributed by atoms with E-state index in [2.05, 4.69) is 4.98 Å². The Balaban J connectivity index is 2.28. The van der Waals surface area contributed by atoms with E-state index >= 15 is 0 Å². The molecule has 0 amide bonds. The molecular formula is C16H16F3NO. The summed E-state index contributed by atoms with van der Waals surface area (Å²) in [5, 5.41) is 10.1. The van der Waals surface area contributed by atoms with E-state index in [-0.39, 0.29) is 12.0 Å². The molecule has 1 atom stereocenters. The molecule has 5 heteroatoms. The summed E-state index contributed by atoms with van der Waals surface area (Å²) in [6, 6.07) is 6.47. The summed E-state index contributed by atoms with van der Waals surface area (Å²) in [6.45, 7) is 3.88. The topological polar surface area (TPSA) is 33.1 Å². The summed E-state index contributed by atoms with van der Waals surface area (Å²) >= 11 is 0. The molecule has 21 heavy (non-hydrogen) atoms. The average Bonchev–Trinajstić information content (AvgIpc) is 2.42. The molecule has 0 fully saturated rings. The molecule has 0 saturated heterocycles. The predicted octanol–water partition coefficient (Wildman–Crippen LogP) is 3.99. The maximum absolute atomic E-state index is 12.9. The van der Waals surface area contributed by atoms with Gasteiger partial charge in [0.25, 0.3) is 0 Å². The Labute approximate surface area is 121 Å². The maximum atomic E-state index is 12.9. The number of benzene rings is 1. The summed E-state index contributed by atoms with van der Waals surface area (Å²) in [6.07, 6.45) is -3.46. The van der Waals surface area contributed by atoms with Crippen molar-refractivity contribution in [3.05, 3.63) is 64.5 Å². The highest BCUT2D eigenvalue weighted by atomic mass is 19.4. The lowest BCUT2D eigenvalue weighted by Gasteiger charge is -2.17. The quantitative estimate of drug-likeness (QED) is 0.928. The third-order valence-electron chi connectivity index (χ3n) is 3.52. The van der Waals surface area contributed by atoms with Gasteiger partial charge in [-0.25, -0.2) is 0 Å². The molecule has 2 rings (SSSR count). The third-order valence-corrected chi connectivity index (χ3v) is 3.52. The fourth-order valence-corrected chi connectivity index (χ4v) is 2.19. The lowest BCUT2D eigenvalue weighted by atomic mass is 9.96. The van der Waals surface area contributed by atoms with Gasteiger partial charge in [-0.3, -0.25) is 4.98 Å². The molecule has 0 radical (unpaired) electrons. The number of hydrogen-bond donors (Lipinski definition) is 1. The summed E-state index contributed by atoms with van der Waals surface area (Å²) in [7, 11) is 0. The molecule has 1 unspecified atom stereocenters. The molecule has 112 valence electrons. The Kier molecular flexibility index (Phi) is 4.32. The number of aromatic nitrogens is 1. The standard InChI is InChI=1S/C16H16F3NO/c1-10-3-4-12(7-11(10)2)8-15(21)13-9-20-6-5-14(13)16(17,18)19/h3-7,9,15,21H,8H2,1-2H3. The van der Waals surface area contributed by atoms with Gasteiger partial charge in [0, 0.05) is 24.4 Å². The molecular weight excluding hydrogens is 279 g/mol. The molecule has 0 spiro atoms. The van der Waals surface area contributed by atoms with E-state index in [1.54, 1.807) is 0 Å². The monoisotopic (exact) mass is 295 g/mol. The van der Waals surface area contributed by atoms with Gasteiger partial charge in [0.05, 0.1) is 11.7 Å². The first-order chi connectivity index (χ1) is 9.79. The summed E-state index contributed by atoms with van der Waals surface area (Å²) in [5.41, 5.74) is 1.91. The normalized spacial score (nSPS) is 13.2. The van der Waals surface area contributed by atoms with Gasteiger partial charge in [-0.2, -0.15) is 13.2 Å². The zero-order valence-electron chi connectivity index (χ0n) is 11.8. The first kappa shape index (κ1) is 15.5. The van der Waals surface area contributed by atoms with Crippen LogP contribution in [0, 0.1) is 13.8 Å². The molecule has 1 heterocycles. The zero-order valence-corrected chi connectivity index (χ0v) is 11.8. The number of aryl methyl sites for hydroxylation is 2. The fourth-order valence-electron chi connectivity index (χ4n) is 2.19. The van der Waals surface area contributed by atoms with Crippen molar-refractivity contribution in [1.29, 1.82) is 0 Å². The van der Waals surface area contributed by atoms with E-state index in [4.69, 9.17) is 0 Å². The molecule has 0 bridgehead atoms. The molecule has 0 aliphatic rings. The largest absolute Gasteiger partial charge is 0.416 e. The van der Waals surface area contributed by atoms with Gasteiger partial charge >= 0.3 is 6.18 Å². The van der Waals surface area contributed by atoms with Crippen LogP contribution >= 0.6 is 0 Å². The lowest BCUT2D eigenvalue weighted by molar-refractivity contribution is -0.139. The second kappa shape index (κ2) is 5.85. The van der Waals surface area contributed by atoms with Gasteiger partial charge in [0.2, 0.25) is 0 Å². The second-order valence-electron chi connectivity index (χ2n) is 5.10. The zero-order chi connectivity index (χ0) is 15.6. The summed E-state index contributed by atoms with van der Waals surface area (Å²) < 4.78 is 38.8. The van der Waals surface area contributed by atoms with Crippen molar-refractivity contribution in [2.24, 2.45) is 0 Å². The maximum Gasteiger partial charge on any atom is 0.416 e. The molecule has 1 N–H and O–H groups in total. The van der Waals surface area contributed by atoms with E-state index in [0.717, 1.165) is 35.2 Å². The molecule has 0 aliphatic carbocycles. The minimum absolute atomic E-state index is 0.121. The second-order valence-corrected chi connectivity index (χ2v) is 5.10. The van der Waals surface area contributed by atoms with E-state index in [0.29, 0.717) is 0 Å². The Morgan fingerprint density at radius 3 is 2.48 bits per heavy atom. The number of aliphatic hydroxyl groups is 1. The minimum atomic E-state index is -4.50. The number of rotatable bonds is 3. The number of alkyl halides is 3. The molecule has 0 aliphatic heterocycles. The van der Waals surface area contributed by atoms with Crippen LogP contribution in [-0.2, 0) is 12.6 Å². The number of hydrogen-bond acceptors (Lipinski definition) is 2. The third kappa shape index (κ3) is 3.61. The van der Waals surface area contributed by atoms with Crippen LogP contribution in [0.1, 0.15) is 33.9 Å². The van der Waals surface area contributed by atoms with Gasteiger partial charge < -0.3 is 5.11 Å². The van der Waals surface area contributed by atoms with E-state index in [1.807, 2.05) is 32.0 Å². The van der Waals surface area contributed by atoms with Gasteiger partial charge in [-0.1, -0.05) is 18.2 Å². The van der Waals surface area contributed by atoms with Crippen LogP contribution in [0.15, 0.2) is 36.7 Å². The van der Waals surface area contributed by atoms with Crippen LogP contribution in [0.25, 0.3) is 0 Å². The van der Waals surface area contributed by atoms with Crippen molar-refractivity contribution in [3.63, 3.8) is 0 Å². The van der Waals surface area contributed by atoms with Crippen LogP contribution in [-0.4, -0.2) is 10.1 Å². The van der Waals surface area contributed by atoms with Crippen molar-refractivity contribution in [3.8, 4) is 0 Å². The first-order valence-electron chi connectivity index (χ1n) is 6.54. The molecule has 0 saturated carbocycles. The predicted molar refractivity (Wildman–Crippen MR) is 73.8 cm³/mol. The Morgan fingerprint density at radius 2 is 1.86 bits per heavy atom. The Morgan fingerprint density at radius 1 is 1.14 bits per heavy atom. The first-order valence-corrected chi connectivity index (χ1v) is 6.54. The summed E-state index contributed by atoms with van der Waals surface area (Å²) in [4.78, 5) is 3.69. The smallest absolute Gasteiger partial charge is 0.388 e. The van der Waals surface area contributed by atoms with Crippen LogP contribution in [0.5, 0.6) is 0 Å². The van der Waals surface area contributed by atoms with E-state index in [1.165, 1.54) is 0 Å². The van der Waals surface area contributed by atoms with Crippen LogP contribution in [0.2, 0.25) is 0 Å². The number of nitrogens with zero attached hydrogens (tertiary/aromatic N) is 1. The highest BCUT2D eigenvalue weighted by Crippen LogP contribution is 2.34. The van der Waals surface area contributed by atoms with Crippen molar-refractivity contribution in [1.82, 2.24) is 4.98 Å². The molecule has 1 aromatic heterocycles.